The number of nitrogens with zero attached hydrogens (tertiary/aromatic N) is 2. The summed E-state index contributed by atoms with van der Waals surface area (Å²) < 4.78 is 0. The first-order valence-electron chi connectivity index (χ1n) is 2.64. The molecular weight excluding hydrogens is 104 g/mol. The van der Waals surface area contributed by atoms with Gasteiger partial charge in [0.05, 0.1) is 13.1 Å². The molecule has 0 radical (unpaired) electrons. The molecule has 0 saturated carbocycles. The summed E-state index contributed by atoms with van der Waals surface area (Å²) in [6.07, 6.45) is 0. The van der Waals surface area contributed by atoms with Gasteiger partial charge in [0.25, 0.3) is 0 Å². The number of carbonyl (C=O) groups excluding carboxylic acids is 1. The monoisotopic (exact) mass is 114 g/mol. The first-order chi connectivity index (χ1) is 3.70. The average molecular weight is 114 g/mol. The molecular formula is C5H10N2O. The van der Waals surface area contributed by atoms with Gasteiger partial charge >= 0.3 is 0 Å². The van der Waals surface area contributed by atoms with E-state index in [9.17, 15) is 4.79 Å². The van der Waals surface area contributed by atoms with Crippen molar-refractivity contribution in [3.8, 4) is 0 Å². The summed E-state index contributed by atoms with van der Waals surface area (Å²) in [6.45, 7) is 1.16. The summed E-state index contributed by atoms with van der Waals surface area (Å²) in [4.78, 5) is 10.6. The van der Waals surface area contributed by atoms with Crippen LogP contribution < -0.4 is 0 Å². The van der Waals surface area contributed by atoms with Gasteiger partial charge in [-0.3, -0.25) is 4.79 Å². The van der Waals surface area contributed by atoms with Crippen molar-refractivity contribution in [2.75, 3.05) is 27.2 Å². The van der Waals surface area contributed by atoms with Gasteiger partial charge in [0.2, 0.25) is 0 Å². The van der Waals surface area contributed by atoms with Gasteiger partial charge in [0.1, 0.15) is 0 Å². The summed E-state index contributed by atoms with van der Waals surface area (Å²) in [6, 6.07) is 0. The van der Waals surface area contributed by atoms with Crippen LogP contribution in [0.2, 0.25) is 0 Å². The van der Waals surface area contributed by atoms with E-state index in [0.29, 0.717) is 18.9 Å². The second-order valence-corrected chi connectivity index (χ2v) is 2.17. The van der Waals surface area contributed by atoms with Gasteiger partial charge in [-0.15, -0.1) is 0 Å². The maximum Gasteiger partial charge on any atom is 0.163 e. The van der Waals surface area contributed by atoms with Crippen LogP contribution in [0.25, 0.3) is 0 Å². The SMILES string of the molecule is CN1CC(=O)CN1C. The lowest BCUT2D eigenvalue weighted by Gasteiger charge is -2.15. The topological polar surface area (TPSA) is 23.6 Å². The molecule has 0 unspecified atom stereocenters. The van der Waals surface area contributed by atoms with E-state index < -0.39 is 0 Å². The Bertz CT molecular complexity index is 101. The predicted octanol–water partition coefficient (Wildman–Crippen LogP) is -0.652. The van der Waals surface area contributed by atoms with Crippen LogP contribution in [0.1, 0.15) is 0 Å². The average Bonchev–Trinajstić information content (AvgIpc) is 1.85. The highest BCUT2D eigenvalue weighted by atomic mass is 16.1. The maximum absolute atomic E-state index is 10.6. The van der Waals surface area contributed by atoms with E-state index in [1.54, 1.807) is 0 Å². The molecule has 1 heterocycles. The molecule has 1 saturated heterocycles. The Kier molecular flexibility index (Phi) is 1.31. The molecule has 0 N–H and O–H groups in total. The maximum atomic E-state index is 10.6. The highest BCUT2D eigenvalue weighted by molar-refractivity contribution is 5.83. The minimum absolute atomic E-state index is 0.301. The largest absolute Gasteiger partial charge is 0.297 e. The molecule has 0 aromatic rings. The molecule has 0 spiro atoms. The van der Waals surface area contributed by atoms with Crippen molar-refractivity contribution in [3.63, 3.8) is 0 Å². The van der Waals surface area contributed by atoms with Crippen LogP contribution in [0, 0.1) is 0 Å². The zero-order chi connectivity index (χ0) is 6.15. The highest BCUT2D eigenvalue weighted by Crippen LogP contribution is 1.98. The molecule has 3 heteroatoms. The van der Waals surface area contributed by atoms with Gasteiger partial charge in [0, 0.05) is 14.1 Å². The van der Waals surface area contributed by atoms with E-state index in [0.717, 1.165) is 0 Å². The molecule has 46 valence electrons. The third-order valence-electron chi connectivity index (χ3n) is 1.39. The zero-order valence-corrected chi connectivity index (χ0v) is 5.22. The number of rotatable bonds is 0. The van der Waals surface area contributed by atoms with Crippen molar-refractivity contribution < 1.29 is 4.79 Å². The predicted molar refractivity (Wildman–Crippen MR) is 30.3 cm³/mol. The summed E-state index contributed by atoms with van der Waals surface area (Å²) in [5, 5.41) is 3.81. The fourth-order valence-corrected chi connectivity index (χ4v) is 0.802. The smallest absolute Gasteiger partial charge is 0.163 e. The second kappa shape index (κ2) is 1.84. The van der Waals surface area contributed by atoms with Gasteiger partial charge < -0.3 is 0 Å². The number of ketones is 1. The number of hydrogen-bond donors (Lipinski definition) is 0. The molecule has 0 aromatic carbocycles. The van der Waals surface area contributed by atoms with Crippen molar-refractivity contribution in [1.82, 2.24) is 10.0 Å². The lowest BCUT2D eigenvalue weighted by molar-refractivity contribution is -0.116. The van der Waals surface area contributed by atoms with Crippen LogP contribution >= 0.6 is 0 Å². The normalized spacial score (nSPS) is 25.0. The fourth-order valence-electron chi connectivity index (χ4n) is 0.802. The molecule has 1 rings (SSSR count). The fraction of sp³-hybridized carbons (Fsp3) is 0.800. The first-order valence-corrected chi connectivity index (χ1v) is 2.64. The van der Waals surface area contributed by atoms with Crippen LogP contribution in [0.4, 0.5) is 0 Å². The molecule has 0 amide bonds. The molecule has 0 aliphatic carbocycles. The molecule has 0 atom stereocenters. The number of hydrazine groups is 1. The van der Waals surface area contributed by atoms with Gasteiger partial charge in [-0.2, -0.15) is 0 Å². The molecule has 8 heavy (non-hydrogen) atoms. The standard InChI is InChI=1S/C5H10N2O/c1-6-3-5(8)4-7(6)2/h3-4H2,1-2H3. The number of hydrogen-bond acceptors (Lipinski definition) is 3. The van der Waals surface area contributed by atoms with Gasteiger partial charge in [-0.05, 0) is 0 Å². The first kappa shape index (κ1) is 5.72. The van der Waals surface area contributed by atoms with Crippen LogP contribution in [0.5, 0.6) is 0 Å². The highest BCUT2D eigenvalue weighted by Gasteiger charge is 2.20. The number of likely N-dealkylation sites (N-methyl/N-ethyl adjacent to an activating group) is 2. The van der Waals surface area contributed by atoms with Crippen molar-refractivity contribution >= 4 is 5.78 Å². The van der Waals surface area contributed by atoms with Gasteiger partial charge in [0.15, 0.2) is 5.78 Å². The Morgan fingerprint density at radius 2 is 1.62 bits per heavy atom. The third kappa shape index (κ3) is 0.877. The van der Waals surface area contributed by atoms with Crippen molar-refractivity contribution in [2.45, 2.75) is 0 Å². The summed E-state index contributed by atoms with van der Waals surface area (Å²) in [7, 11) is 3.82. The Morgan fingerprint density at radius 3 is 1.75 bits per heavy atom. The van der Waals surface area contributed by atoms with E-state index in [1.165, 1.54) is 0 Å². The van der Waals surface area contributed by atoms with Gasteiger partial charge in [-0.1, -0.05) is 0 Å². The van der Waals surface area contributed by atoms with Crippen LogP contribution in [0.15, 0.2) is 0 Å². The van der Waals surface area contributed by atoms with Gasteiger partial charge in [-0.25, -0.2) is 10.0 Å². The Balaban J connectivity index is 2.51. The minimum atomic E-state index is 0.301. The zero-order valence-electron chi connectivity index (χ0n) is 5.22. The summed E-state index contributed by atoms with van der Waals surface area (Å²) in [5.74, 6) is 0.301. The van der Waals surface area contributed by atoms with E-state index >= 15 is 0 Å². The Hall–Kier alpha value is -0.410. The molecule has 1 aliphatic rings. The number of Topliss-reactive ketones (excluding diaryl/α,β-unsaturated/α-hetero) is 1. The number of carbonyl (C=O) groups is 1. The minimum Gasteiger partial charge on any atom is -0.297 e. The lowest BCUT2D eigenvalue weighted by Crippen LogP contribution is -2.28. The Labute approximate surface area is 48.8 Å². The van der Waals surface area contributed by atoms with Crippen LogP contribution in [-0.2, 0) is 4.79 Å². The molecule has 0 aromatic heterocycles. The van der Waals surface area contributed by atoms with E-state index in [-0.39, 0.29) is 0 Å². The molecule has 1 aliphatic heterocycles. The van der Waals surface area contributed by atoms with E-state index in [4.69, 9.17) is 0 Å². The van der Waals surface area contributed by atoms with Crippen LogP contribution in [-0.4, -0.2) is 43.0 Å². The summed E-state index contributed by atoms with van der Waals surface area (Å²) in [5.41, 5.74) is 0. The van der Waals surface area contributed by atoms with E-state index in [2.05, 4.69) is 0 Å². The second-order valence-electron chi connectivity index (χ2n) is 2.17. The third-order valence-corrected chi connectivity index (χ3v) is 1.39. The molecule has 0 bridgehead atoms. The molecule has 1 fully saturated rings. The molecule has 3 nitrogen and oxygen atoms in total. The Morgan fingerprint density at radius 1 is 1.25 bits per heavy atom. The van der Waals surface area contributed by atoms with Crippen molar-refractivity contribution in [2.24, 2.45) is 0 Å². The quantitative estimate of drug-likeness (QED) is 0.418. The van der Waals surface area contributed by atoms with Crippen molar-refractivity contribution in [1.29, 1.82) is 0 Å². The van der Waals surface area contributed by atoms with Crippen LogP contribution in [0.3, 0.4) is 0 Å². The van der Waals surface area contributed by atoms with E-state index in [1.807, 2.05) is 24.1 Å². The summed E-state index contributed by atoms with van der Waals surface area (Å²) >= 11 is 0. The van der Waals surface area contributed by atoms with Crippen molar-refractivity contribution in [3.05, 3.63) is 0 Å². The lowest BCUT2D eigenvalue weighted by atomic mass is 10.4.